The van der Waals surface area contributed by atoms with Crippen LogP contribution >= 0.6 is 11.3 Å². The quantitative estimate of drug-likeness (QED) is 0.692. The lowest BCUT2D eigenvalue weighted by Gasteiger charge is -2.03. The average Bonchev–Trinajstić information content (AvgIpc) is 2.85. The molecule has 86 valence electrons. The molecule has 0 bridgehead atoms. The summed E-state index contributed by atoms with van der Waals surface area (Å²) < 4.78 is 2.21. The zero-order chi connectivity index (χ0) is 11.8. The first-order valence-electron chi connectivity index (χ1n) is 5.57. The van der Waals surface area contributed by atoms with E-state index in [1.54, 1.807) is 11.3 Å². The van der Waals surface area contributed by atoms with Gasteiger partial charge in [0.25, 0.3) is 0 Å². The van der Waals surface area contributed by atoms with E-state index in [4.69, 9.17) is 0 Å². The molecule has 0 aliphatic carbocycles. The van der Waals surface area contributed by atoms with Crippen molar-refractivity contribution in [1.29, 1.82) is 0 Å². The highest BCUT2D eigenvalue weighted by Gasteiger charge is 2.08. The van der Waals surface area contributed by atoms with Crippen LogP contribution in [0.15, 0.2) is 29.6 Å². The molecule has 0 fully saturated rings. The van der Waals surface area contributed by atoms with Crippen LogP contribution in [0.25, 0.3) is 11.0 Å². The molecule has 2 heterocycles. The lowest BCUT2D eigenvalue weighted by Crippen LogP contribution is -2.02. The van der Waals surface area contributed by atoms with Crippen molar-refractivity contribution in [3.05, 3.63) is 46.2 Å². The number of hydrogen-bond donors (Lipinski definition) is 0. The van der Waals surface area contributed by atoms with Gasteiger partial charge in [-0.25, -0.2) is 9.97 Å². The highest BCUT2D eigenvalue weighted by molar-refractivity contribution is 7.09. The maximum atomic E-state index is 4.55. The molecule has 3 rings (SSSR count). The van der Waals surface area contributed by atoms with E-state index in [-0.39, 0.29) is 0 Å². The summed E-state index contributed by atoms with van der Waals surface area (Å²) in [5.41, 5.74) is 3.34. The first-order chi connectivity index (χ1) is 8.24. The number of fused-ring (bicyclic) bond motifs is 1. The van der Waals surface area contributed by atoms with Crippen LogP contribution in [0.2, 0.25) is 0 Å². The van der Waals surface area contributed by atoms with Gasteiger partial charge in [-0.15, -0.1) is 11.3 Å². The molecule has 0 saturated carbocycles. The van der Waals surface area contributed by atoms with Gasteiger partial charge in [-0.2, -0.15) is 0 Å². The monoisotopic (exact) mass is 243 g/mol. The SMILES string of the molecule is Cc1nc(Cn2c(C)nc3ccccc32)cs1. The molecular formula is C13H13N3S. The van der Waals surface area contributed by atoms with Gasteiger partial charge in [-0.05, 0) is 26.0 Å². The Hall–Kier alpha value is -1.68. The van der Waals surface area contributed by atoms with Crippen molar-refractivity contribution in [2.75, 3.05) is 0 Å². The van der Waals surface area contributed by atoms with E-state index in [1.165, 1.54) is 5.52 Å². The maximum absolute atomic E-state index is 4.55. The van der Waals surface area contributed by atoms with Crippen molar-refractivity contribution < 1.29 is 0 Å². The minimum atomic E-state index is 0.802. The van der Waals surface area contributed by atoms with Crippen LogP contribution in [0, 0.1) is 13.8 Å². The number of rotatable bonds is 2. The van der Waals surface area contributed by atoms with Crippen LogP contribution in [0.3, 0.4) is 0 Å². The van der Waals surface area contributed by atoms with Gasteiger partial charge in [-0.3, -0.25) is 0 Å². The van der Waals surface area contributed by atoms with Crippen LogP contribution < -0.4 is 0 Å². The summed E-state index contributed by atoms with van der Waals surface area (Å²) in [4.78, 5) is 9.06. The topological polar surface area (TPSA) is 30.7 Å². The smallest absolute Gasteiger partial charge is 0.107 e. The molecule has 17 heavy (non-hydrogen) atoms. The summed E-state index contributed by atoms with van der Waals surface area (Å²) in [7, 11) is 0. The van der Waals surface area contributed by atoms with Gasteiger partial charge in [0.1, 0.15) is 5.82 Å². The van der Waals surface area contributed by atoms with Gasteiger partial charge in [0, 0.05) is 5.38 Å². The predicted octanol–water partition coefficient (Wildman–Crippen LogP) is 3.16. The molecule has 3 aromatic rings. The van der Waals surface area contributed by atoms with Crippen LogP contribution in [0.4, 0.5) is 0 Å². The molecule has 0 unspecified atom stereocenters. The van der Waals surface area contributed by atoms with E-state index < -0.39 is 0 Å². The molecule has 0 amide bonds. The minimum Gasteiger partial charge on any atom is -0.322 e. The van der Waals surface area contributed by atoms with Gasteiger partial charge in [-0.1, -0.05) is 12.1 Å². The van der Waals surface area contributed by atoms with E-state index in [2.05, 4.69) is 26.0 Å². The fraction of sp³-hybridized carbons (Fsp3) is 0.231. The van der Waals surface area contributed by atoms with Gasteiger partial charge < -0.3 is 4.57 Å². The van der Waals surface area contributed by atoms with E-state index in [0.29, 0.717) is 0 Å². The Labute approximate surface area is 104 Å². The molecule has 2 aromatic heterocycles. The van der Waals surface area contributed by atoms with Gasteiger partial charge >= 0.3 is 0 Å². The predicted molar refractivity (Wildman–Crippen MR) is 70.4 cm³/mol. The number of para-hydroxylation sites is 2. The van der Waals surface area contributed by atoms with Crippen LogP contribution in [-0.2, 0) is 6.54 Å². The third kappa shape index (κ3) is 1.85. The Morgan fingerprint density at radius 1 is 1.18 bits per heavy atom. The average molecular weight is 243 g/mol. The van der Waals surface area contributed by atoms with E-state index in [9.17, 15) is 0 Å². The highest BCUT2D eigenvalue weighted by Crippen LogP contribution is 2.18. The second-order valence-electron chi connectivity index (χ2n) is 4.09. The lowest BCUT2D eigenvalue weighted by atomic mass is 10.3. The molecule has 0 saturated heterocycles. The van der Waals surface area contributed by atoms with Crippen LogP contribution in [0.1, 0.15) is 16.5 Å². The minimum absolute atomic E-state index is 0.802. The summed E-state index contributed by atoms with van der Waals surface area (Å²) in [5, 5.41) is 3.23. The first-order valence-corrected chi connectivity index (χ1v) is 6.45. The number of hydrogen-bond acceptors (Lipinski definition) is 3. The molecule has 0 N–H and O–H groups in total. The van der Waals surface area contributed by atoms with E-state index in [0.717, 1.165) is 28.6 Å². The fourth-order valence-electron chi connectivity index (χ4n) is 2.04. The maximum Gasteiger partial charge on any atom is 0.107 e. The molecule has 0 atom stereocenters. The third-order valence-corrected chi connectivity index (χ3v) is 3.65. The molecular weight excluding hydrogens is 230 g/mol. The normalized spacial score (nSPS) is 11.2. The Bertz CT molecular complexity index is 666. The van der Waals surface area contributed by atoms with E-state index >= 15 is 0 Å². The van der Waals surface area contributed by atoms with Gasteiger partial charge in [0.2, 0.25) is 0 Å². The number of thiazole rings is 1. The van der Waals surface area contributed by atoms with Crippen molar-refractivity contribution >= 4 is 22.4 Å². The number of aromatic nitrogens is 3. The van der Waals surface area contributed by atoms with Crippen molar-refractivity contribution in [3.63, 3.8) is 0 Å². The first kappa shape index (κ1) is 10.5. The van der Waals surface area contributed by atoms with Crippen molar-refractivity contribution in [1.82, 2.24) is 14.5 Å². The number of benzene rings is 1. The number of nitrogens with zero attached hydrogens (tertiary/aromatic N) is 3. The van der Waals surface area contributed by atoms with Crippen molar-refractivity contribution in [2.45, 2.75) is 20.4 Å². The molecule has 0 aliphatic heterocycles. The van der Waals surface area contributed by atoms with Crippen LogP contribution in [-0.4, -0.2) is 14.5 Å². The Morgan fingerprint density at radius 3 is 2.76 bits per heavy atom. The largest absolute Gasteiger partial charge is 0.322 e. The van der Waals surface area contributed by atoms with E-state index in [1.807, 2.05) is 32.0 Å². The number of aryl methyl sites for hydroxylation is 2. The van der Waals surface area contributed by atoms with Crippen LogP contribution in [0.5, 0.6) is 0 Å². The van der Waals surface area contributed by atoms with Crippen molar-refractivity contribution in [3.8, 4) is 0 Å². The Kier molecular flexibility index (Phi) is 2.44. The van der Waals surface area contributed by atoms with Gasteiger partial charge in [0.05, 0.1) is 28.3 Å². The molecule has 1 aromatic carbocycles. The third-order valence-electron chi connectivity index (χ3n) is 2.83. The zero-order valence-corrected chi connectivity index (χ0v) is 10.7. The molecule has 0 aliphatic rings. The molecule has 4 heteroatoms. The second kappa shape index (κ2) is 3.96. The standard InChI is InChI=1S/C13H13N3S/c1-9-14-12-5-3-4-6-13(12)16(9)7-11-8-17-10(2)15-11/h3-6,8H,7H2,1-2H3. The second-order valence-corrected chi connectivity index (χ2v) is 5.15. The lowest BCUT2D eigenvalue weighted by molar-refractivity contribution is 0.767. The molecule has 3 nitrogen and oxygen atoms in total. The van der Waals surface area contributed by atoms with Crippen molar-refractivity contribution in [2.24, 2.45) is 0 Å². The summed E-state index contributed by atoms with van der Waals surface area (Å²) in [5.74, 6) is 1.04. The summed E-state index contributed by atoms with van der Waals surface area (Å²) in [6.07, 6.45) is 0. The molecule has 0 spiro atoms. The molecule has 0 radical (unpaired) electrons. The summed E-state index contributed by atoms with van der Waals surface area (Å²) in [6.45, 7) is 4.88. The number of imidazole rings is 1. The summed E-state index contributed by atoms with van der Waals surface area (Å²) in [6, 6.07) is 8.22. The fourth-order valence-corrected chi connectivity index (χ4v) is 2.64. The Morgan fingerprint density at radius 2 is 2.00 bits per heavy atom. The summed E-state index contributed by atoms with van der Waals surface area (Å²) >= 11 is 1.69. The van der Waals surface area contributed by atoms with Gasteiger partial charge in [0.15, 0.2) is 0 Å². The zero-order valence-electron chi connectivity index (χ0n) is 9.84. The Balaban J connectivity index is 2.08. The highest BCUT2D eigenvalue weighted by atomic mass is 32.1.